The molecule has 0 spiro atoms. The number of hydrogen-bond donors (Lipinski definition) is 2. The van der Waals surface area contributed by atoms with Gasteiger partial charge in [0.2, 0.25) is 5.91 Å². The molecule has 0 fully saturated rings. The summed E-state index contributed by atoms with van der Waals surface area (Å²) >= 11 is 1.48. The zero-order chi connectivity index (χ0) is 19.5. The molecular formula is C21H16N2O4S. The highest BCUT2D eigenvalue weighted by Gasteiger charge is 2.11. The van der Waals surface area contributed by atoms with Crippen LogP contribution in [0.2, 0.25) is 0 Å². The Hall–Kier alpha value is -3.45. The largest absolute Gasteiger partial charge is 0.478 e. The number of carbonyl (C=O) groups is 2. The SMILES string of the molecule is O=C(Cc1nc2ccc(-c3ccoc3)cc2s1)NCc1cccc(C(=O)O)c1. The Balaban J connectivity index is 1.42. The van der Waals surface area contributed by atoms with E-state index in [2.05, 4.69) is 10.3 Å². The van der Waals surface area contributed by atoms with Crippen molar-refractivity contribution >= 4 is 33.4 Å². The van der Waals surface area contributed by atoms with Crippen LogP contribution in [0.3, 0.4) is 0 Å². The lowest BCUT2D eigenvalue weighted by Crippen LogP contribution is -2.24. The molecule has 0 unspecified atom stereocenters. The number of aromatic nitrogens is 1. The predicted octanol–water partition coefficient (Wildman–Crippen LogP) is 4.11. The average molecular weight is 392 g/mol. The first-order valence-electron chi connectivity index (χ1n) is 8.59. The van der Waals surface area contributed by atoms with E-state index in [1.54, 1.807) is 30.7 Å². The van der Waals surface area contributed by atoms with E-state index in [-0.39, 0.29) is 24.4 Å². The molecule has 6 nitrogen and oxygen atoms in total. The number of rotatable bonds is 6. The zero-order valence-corrected chi connectivity index (χ0v) is 15.5. The van der Waals surface area contributed by atoms with Crippen LogP contribution in [0.25, 0.3) is 21.3 Å². The summed E-state index contributed by atoms with van der Waals surface area (Å²) in [6.45, 7) is 0.273. The number of fused-ring (bicyclic) bond motifs is 1. The molecule has 4 aromatic rings. The molecule has 28 heavy (non-hydrogen) atoms. The minimum absolute atomic E-state index is 0.158. The Bertz CT molecular complexity index is 1150. The van der Waals surface area contributed by atoms with Crippen molar-refractivity contribution in [2.24, 2.45) is 0 Å². The molecule has 0 atom stereocenters. The van der Waals surface area contributed by atoms with E-state index in [1.807, 2.05) is 24.3 Å². The second kappa shape index (κ2) is 7.66. The van der Waals surface area contributed by atoms with Gasteiger partial charge in [-0.25, -0.2) is 9.78 Å². The van der Waals surface area contributed by atoms with Gasteiger partial charge in [-0.1, -0.05) is 18.2 Å². The van der Waals surface area contributed by atoms with Crippen molar-refractivity contribution in [1.29, 1.82) is 0 Å². The van der Waals surface area contributed by atoms with Crippen LogP contribution in [0, 0.1) is 0 Å². The molecule has 2 heterocycles. The maximum atomic E-state index is 12.3. The van der Waals surface area contributed by atoms with Gasteiger partial charge in [-0.15, -0.1) is 11.3 Å². The molecule has 7 heteroatoms. The Morgan fingerprint density at radius 1 is 1.11 bits per heavy atom. The third-order valence-corrected chi connectivity index (χ3v) is 5.28. The number of benzene rings is 2. The van der Waals surface area contributed by atoms with Crippen LogP contribution in [-0.4, -0.2) is 22.0 Å². The highest BCUT2D eigenvalue weighted by atomic mass is 32.1. The van der Waals surface area contributed by atoms with Gasteiger partial charge < -0.3 is 14.8 Å². The topological polar surface area (TPSA) is 92.4 Å². The molecule has 0 bridgehead atoms. The first-order chi connectivity index (χ1) is 13.6. The monoisotopic (exact) mass is 392 g/mol. The van der Waals surface area contributed by atoms with Crippen LogP contribution in [-0.2, 0) is 17.8 Å². The van der Waals surface area contributed by atoms with Crippen LogP contribution >= 0.6 is 11.3 Å². The normalized spacial score (nSPS) is 10.9. The number of carboxylic acids is 1. The van der Waals surface area contributed by atoms with Gasteiger partial charge in [-0.05, 0) is 41.5 Å². The van der Waals surface area contributed by atoms with Gasteiger partial charge in [-0.2, -0.15) is 0 Å². The van der Waals surface area contributed by atoms with Crippen molar-refractivity contribution < 1.29 is 19.1 Å². The van der Waals surface area contributed by atoms with E-state index in [4.69, 9.17) is 9.52 Å². The van der Waals surface area contributed by atoms with Gasteiger partial charge >= 0.3 is 5.97 Å². The number of nitrogens with one attached hydrogen (secondary N) is 1. The first-order valence-corrected chi connectivity index (χ1v) is 9.41. The minimum Gasteiger partial charge on any atom is -0.478 e. The van der Waals surface area contributed by atoms with E-state index >= 15 is 0 Å². The van der Waals surface area contributed by atoms with Crippen LogP contribution in [0.15, 0.2) is 65.5 Å². The third kappa shape index (κ3) is 3.94. The summed E-state index contributed by atoms with van der Waals surface area (Å²) in [5, 5.41) is 12.6. The molecule has 2 N–H and O–H groups in total. The molecule has 4 rings (SSSR count). The van der Waals surface area contributed by atoms with Gasteiger partial charge in [0.1, 0.15) is 5.01 Å². The second-order valence-electron chi connectivity index (χ2n) is 6.26. The molecule has 0 aliphatic rings. The summed E-state index contributed by atoms with van der Waals surface area (Å²) in [6, 6.07) is 14.4. The van der Waals surface area contributed by atoms with Crippen LogP contribution < -0.4 is 5.32 Å². The fourth-order valence-electron chi connectivity index (χ4n) is 2.87. The number of nitrogens with zero attached hydrogens (tertiary/aromatic N) is 1. The van der Waals surface area contributed by atoms with Crippen molar-refractivity contribution in [3.8, 4) is 11.1 Å². The van der Waals surface area contributed by atoms with Crippen LogP contribution in [0.1, 0.15) is 20.9 Å². The molecule has 0 saturated heterocycles. The summed E-state index contributed by atoms with van der Waals surface area (Å²) < 4.78 is 6.13. The number of aromatic carboxylic acids is 1. The lowest BCUT2D eigenvalue weighted by molar-refractivity contribution is -0.120. The van der Waals surface area contributed by atoms with E-state index < -0.39 is 5.97 Å². The van der Waals surface area contributed by atoms with Gasteiger partial charge in [0.25, 0.3) is 0 Å². The maximum absolute atomic E-state index is 12.3. The summed E-state index contributed by atoms with van der Waals surface area (Å²) in [6.07, 6.45) is 3.50. The van der Waals surface area contributed by atoms with Crippen molar-refractivity contribution in [3.63, 3.8) is 0 Å². The van der Waals surface area contributed by atoms with Crippen molar-refractivity contribution in [1.82, 2.24) is 10.3 Å². The number of carbonyl (C=O) groups excluding carboxylic acids is 1. The molecular weight excluding hydrogens is 376 g/mol. The number of furan rings is 1. The van der Waals surface area contributed by atoms with Crippen LogP contribution in [0.5, 0.6) is 0 Å². The average Bonchev–Trinajstić information content (AvgIpc) is 3.35. The van der Waals surface area contributed by atoms with Crippen molar-refractivity contribution in [2.75, 3.05) is 0 Å². The summed E-state index contributed by atoms with van der Waals surface area (Å²) in [5.74, 6) is -1.15. The predicted molar refractivity (Wildman–Crippen MR) is 106 cm³/mol. The Kier molecular flexibility index (Phi) is 4.90. The summed E-state index contributed by atoms with van der Waals surface area (Å²) in [4.78, 5) is 27.8. The Morgan fingerprint density at radius 3 is 2.79 bits per heavy atom. The fraction of sp³-hybridized carbons (Fsp3) is 0.0952. The molecule has 0 radical (unpaired) electrons. The third-order valence-electron chi connectivity index (χ3n) is 4.26. The zero-order valence-electron chi connectivity index (χ0n) is 14.7. The quantitative estimate of drug-likeness (QED) is 0.515. The Labute approximate surface area is 164 Å². The summed E-state index contributed by atoms with van der Waals surface area (Å²) in [5.41, 5.74) is 3.83. The molecule has 1 amide bonds. The number of carboxylic acid groups (broad SMARTS) is 1. The maximum Gasteiger partial charge on any atom is 0.335 e. The van der Waals surface area contributed by atoms with Gasteiger partial charge in [0.05, 0.1) is 34.7 Å². The lowest BCUT2D eigenvalue weighted by Gasteiger charge is -2.05. The van der Waals surface area contributed by atoms with E-state index in [1.165, 1.54) is 17.4 Å². The molecule has 2 aromatic heterocycles. The van der Waals surface area contributed by atoms with Gasteiger partial charge in [-0.3, -0.25) is 4.79 Å². The molecule has 2 aromatic carbocycles. The van der Waals surface area contributed by atoms with E-state index in [0.29, 0.717) is 0 Å². The standard InChI is InChI=1S/C21H16N2O4S/c24-19(22-11-13-2-1-3-15(8-13)21(25)26)10-20-23-17-5-4-14(9-18(17)28-20)16-6-7-27-12-16/h1-9,12H,10-11H2,(H,22,24)(H,25,26). The molecule has 0 saturated carbocycles. The first kappa shape index (κ1) is 17.9. The number of amides is 1. The van der Waals surface area contributed by atoms with E-state index in [9.17, 15) is 9.59 Å². The minimum atomic E-state index is -0.988. The second-order valence-corrected chi connectivity index (χ2v) is 7.38. The van der Waals surface area contributed by atoms with Gasteiger partial charge in [0, 0.05) is 12.1 Å². The Morgan fingerprint density at radius 2 is 2.00 bits per heavy atom. The van der Waals surface area contributed by atoms with Gasteiger partial charge in [0.15, 0.2) is 0 Å². The lowest BCUT2D eigenvalue weighted by atomic mass is 10.1. The molecule has 0 aliphatic heterocycles. The van der Waals surface area contributed by atoms with Crippen molar-refractivity contribution in [3.05, 3.63) is 77.2 Å². The highest BCUT2D eigenvalue weighted by Crippen LogP contribution is 2.28. The number of hydrogen-bond acceptors (Lipinski definition) is 5. The van der Waals surface area contributed by atoms with Crippen LogP contribution in [0.4, 0.5) is 0 Å². The molecule has 0 aliphatic carbocycles. The highest BCUT2D eigenvalue weighted by molar-refractivity contribution is 7.18. The smallest absolute Gasteiger partial charge is 0.335 e. The molecule has 140 valence electrons. The number of thiazole rings is 1. The van der Waals surface area contributed by atoms with Crippen molar-refractivity contribution in [2.45, 2.75) is 13.0 Å². The van der Waals surface area contributed by atoms with E-state index in [0.717, 1.165) is 31.9 Å². The fourth-order valence-corrected chi connectivity index (χ4v) is 3.88. The summed E-state index contributed by atoms with van der Waals surface area (Å²) in [7, 11) is 0.